The molecule has 1 amide bonds. The maximum Gasteiger partial charge on any atom is 0.312 e. The second kappa shape index (κ2) is 8.85. The topological polar surface area (TPSA) is 69.6 Å². The molecule has 0 saturated heterocycles. The number of benzene rings is 1. The van der Waals surface area contributed by atoms with Gasteiger partial charge in [-0.2, -0.15) is 0 Å². The van der Waals surface area contributed by atoms with Crippen LogP contribution in [-0.4, -0.2) is 48.1 Å². The fraction of sp³-hybridized carbons (Fsp3) is 0.412. The number of carboxylic acids is 1. The Bertz CT molecular complexity index is 546. The van der Waals surface area contributed by atoms with E-state index in [-0.39, 0.29) is 6.04 Å². The molecule has 0 saturated carbocycles. The summed E-state index contributed by atoms with van der Waals surface area (Å²) in [6.07, 6.45) is 5.56. The molecule has 0 aliphatic carbocycles. The van der Waals surface area contributed by atoms with Crippen molar-refractivity contribution in [2.45, 2.75) is 25.8 Å². The van der Waals surface area contributed by atoms with Crippen molar-refractivity contribution >= 4 is 11.9 Å². The van der Waals surface area contributed by atoms with Crippen LogP contribution in [-0.2, 0) is 16.0 Å². The molecule has 5 heteroatoms. The first kappa shape index (κ1) is 17.7. The molecule has 1 atom stereocenters. The Morgan fingerprint density at radius 3 is 2.55 bits per heavy atom. The Balaban J connectivity index is 2.67. The van der Waals surface area contributed by atoms with Crippen LogP contribution < -0.4 is 5.32 Å². The molecule has 2 N–H and O–H groups in total. The van der Waals surface area contributed by atoms with E-state index < -0.39 is 18.3 Å². The molecule has 0 heterocycles. The van der Waals surface area contributed by atoms with E-state index in [4.69, 9.17) is 11.5 Å². The fourth-order valence-electron chi connectivity index (χ4n) is 2.08. The second-order valence-electron chi connectivity index (χ2n) is 5.34. The van der Waals surface area contributed by atoms with Crippen LogP contribution in [0.4, 0.5) is 0 Å². The van der Waals surface area contributed by atoms with Crippen LogP contribution in [0.25, 0.3) is 0 Å². The number of aliphatic carboxylic acids is 1. The van der Waals surface area contributed by atoms with Crippen LogP contribution in [0.3, 0.4) is 0 Å². The highest BCUT2D eigenvalue weighted by Crippen LogP contribution is 2.09. The van der Waals surface area contributed by atoms with Crippen molar-refractivity contribution in [3.8, 4) is 12.3 Å². The standard InChI is InChI=1S/C17H22N2O3/c1-4-9-19(3)15(12-18-16(20)11-17(21)22)10-14-7-5-13(2)6-8-14/h1,5-8,15H,9-12H2,2-3H3,(H,18,20)(H,21,22). The fourth-order valence-corrected chi connectivity index (χ4v) is 2.08. The van der Waals surface area contributed by atoms with E-state index in [9.17, 15) is 9.59 Å². The van der Waals surface area contributed by atoms with Gasteiger partial charge < -0.3 is 10.4 Å². The van der Waals surface area contributed by atoms with Crippen molar-refractivity contribution < 1.29 is 14.7 Å². The van der Waals surface area contributed by atoms with Gasteiger partial charge in [0, 0.05) is 12.6 Å². The summed E-state index contributed by atoms with van der Waals surface area (Å²) in [6, 6.07) is 8.18. The average molecular weight is 302 g/mol. The number of hydrogen-bond donors (Lipinski definition) is 2. The Hall–Kier alpha value is -2.32. The number of rotatable bonds is 8. The molecule has 1 aromatic rings. The normalized spacial score (nSPS) is 11.7. The summed E-state index contributed by atoms with van der Waals surface area (Å²) in [7, 11) is 1.89. The van der Waals surface area contributed by atoms with Gasteiger partial charge in [0.1, 0.15) is 6.42 Å². The van der Waals surface area contributed by atoms with Crippen LogP contribution in [0.15, 0.2) is 24.3 Å². The quantitative estimate of drug-likeness (QED) is 0.556. The van der Waals surface area contributed by atoms with Crippen molar-refractivity contribution in [2.24, 2.45) is 0 Å². The lowest BCUT2D eigenvalue weighted by Crippen LogP contribution is -2.43. The summed E-state index contributed by atoms with van der Waals surface area (Å²) in [5.41, 5.74) is 2.33. The van der Waals surface area contributed by atoms with Gasteiger partial charge in [-0.05, 0) is 26.0 Å². The van der Waals surface area contributed by atoms with E-state index in [1.165, 1.54) is 5.56 Å². The van der Waals surface area contributed by atoms with Crippen molar-refractivity contribution in [3.05, 3.63) is 35.4 Å². The second-order valence-corrected chi connectivity index (χ2v) is 5.34. The molecule has 0 spiro atoms. The molecule has 0 radical (unpaired) electrons. The lowest BCUT2D eigenvalue weighted by atomic mass is 10.0. The third kappa shape index (κ3) is 6.42. The third-order valence-electron chi connectivity index (χ3n) is 3.40. The minimum atomic E-state index is -1.13. The van der Waals surface area contributed by atoms with E-state index in [0.717, 1.165) is 12.0 Å². The number of likely N-dealkylation sites (N-methyl/N-ethyl adjacent to an activating group) is 1. The molecule has 118 valence electrons. The molecule has 1 aromatic carbocycles. The van der Waals surface area contributed by atoms with Crippen molar-refractivity contribution in [2.75, 3.05) is 20.1 Å². The average Bonchev–Trinajstić information content (AvgIpc) is 2.45. The molecule has 0 fully saturated rings. The van der Waals surface area contributed by atoms with Gasteiger partial charge in [-0.3, -0.25) is 14.5 Å². The monoisotopic (exact) mass is 302 g/mol. The maximum atomic E-state index is 11.5. The van der Waals surface area contributed by atoms with Crippen LogP contribution in [0.5, 0.6) is 0 Å². The number of nitrogens with zero attached hydrogens (tertiary/aromatic N) is 1. The molecular formula is C17H22N2O3. The zero-order valence-electron chi connectivity index (χ0n) is 13.0. The van der Waals surface area contributed by atoms with Crippen LogP contribution in [0, 0.1) is 19.3 Å². The number of carbonyl (C=O) groups excluding carboxylic acids is 1. The summed E-state index contributed by atoms with van der Waals surface area (Å²) in [5, 5.41) is 11.3. The Morgan fingerprint density at radius 1 is 1.36 bits per heavy atom. The Morgan fingerprint density at radius 2 is 2.00 bits per heavy atom. The Labute approximate surface area is 131 Å². The molecule has 0 aromatic heterocycles. The first-order chi connectivity index (χ1) is 10.4. The third-order valence-corrected chi connectivity index (χ3v) is 3.40. The predicted octanol–water partition coefficient (Wildman–Crippen LogP) is 1.06. The predicted molar refractivity (Wildman–Crippen MR) is 85.4 cm³/mol. The van der Waals surface area contributed by atoms with Crippen LogP contribution in [0.2, 0.25) is 0 Å². The highest BCUT2D eigenvalue weighted by Gasteiger charge is 2.17. The number of terminal acetylenes is 1. The highest BCUT2D eigenvalue weighted by atomic mass is 16.4. The zero-order chi connectivity index (χ0) is 16.5. The van der Waals surface area contributed by atoms with Gasteiger partial charge in [-0.15, -0.1) is 6.42 Å². The summed E-state index contributed by atoms with van der Waals surface area (Å²) >= 11 is 0. The largest absolute Gasteiger partial charge is 0.481 e. The number of amides is 1. The first-order valence-corrected chi connectivity index (χ1v) is 7.10. The number of hydrogen-bond acceptors (Lipinski definition) is 3. The van der Waals surface area contributed by atoms with Crippen molar-refractivity contribution in [1.29, 1.82) is 0 Å². The zero-order valence-corrected chi connectivity index (χ0v) is 13.0. The lowest BCUT2D eigenvalue weighted by Gasteiger charge is -2.27. The summed E-state index contributed by atoms with van der Waals surface area (Å²) in [4.78, 5) is 24.0. The summed E-state index contributed by atoms with van der Waals surface area (Å²) in [5.74, 6) is 0.957. The van der Waals surface area contributed by atoms with Crippen molar-refractivity contribution in [3.63, 3.8) is 0 Å². The van der Waals surface area contributed by atoms with E-state index in [1.54, 1.807) is 0 Å². The minimum Gasteiger partial charge on any atom is -0.481 e. The van der Waals surface area contributed by atoms with Gasteiger partial charge in [-0.1, -0.05) is 35.7 Å². The van der Waals surface area contributed by atoms with Gasteiger partial charge in [-0.25, -0.2) is 0 Å². The van der Waals surface area contributed by atoms with E-state index in [2.05, 4.69) is 11.2 Å². The molecule has 0 aliphatic heterocycles. The molecule has 1 rings (SSSR count). The molecule has 1 unspecified atom stereocenters. The number of aryl methyl sites for hydroxylation is 1. The summed E-state index contributed by atoms with van der Waals surface area (Å²) in [6.45, 7) is 2.85. The number of carbonyl (C=O) groups is 2. The number of carboxylic acid groups (broad SMARTS) is 1. The van der Waals surface area contributed by atoms with Crippen molar-refractivity contribution in [1.82, 2.24) is 10.2 Å². The van der Waals surface area contributed by atoms with Gasteiger partial charge in [0.05, 0.1) is 6.54 Å². The SMILES string of the molecule is C#CCN(C)C(CNC(=O)CC(=O)O)Cc1ccc(C)cc1. The van der Waals surface area contributed by atoms with Gasteiger partial charge in [0.2, 0.25) is 5.91 Å². The lowest BCUT2D eigenvalue weighted by molar-refractivity contribution is -0.140. The van der Waals surface area contributed by atoms with E-state index in [1.807, 2.05) is 43.1 Å². The maximum absolute atomic E-state index is 11.5. The van der Waals surface area contributed by atoms with Gasteiger partial charge >= 0.3 is 5.97 Å². The van der Waals surface area contributed by atoms with E-state index in [0.29, 0.717) is 13.1 Å². The molecule has 22 heavy (non-hydrogen) atoms. The van der Waals surface area contributed by atoms with E-state index >= 15 is 0 Å². The van der Waals surface area contributed by atoms with Gasteiger partial charge in [0.15, 0.2) is 0 Å². The Kier molecular flexibility index (Phi) is 7.14. The van der Waals surface area contributed by atoms with Gasteiger partial charge in [0.25, 0.3) is 0 Å². The molecule has 0 aliphatic rings. The first-order valence-electron chi connectivity index (χ1n) is 7.10. The van der Waals surface area contributed by atoms with Crippen LogP contribution >= 0.6 is 0 Å². The molecular weight excluding hydrogens is 280 g/mol. The minimum absolute atomic E-state index is 0.0106. The smallest absolute Gasteiger partial charge is 0.312 e. The van der Waals surface area contributed by atoms with Crippen LogP contribution in [0.1, 0.15) is 17.5 Å². The molecule has 0 bridgehead atoms. The molecule has 5 nitrogen and oxygen atoms in total. The summed E-state index contributed by atoms with van der Waals surface area (Å²) < 4.78 is 0. The highest BCUT2D eigenvalue weighted by molar-refractivity contribution is 5.93. The number of nitrogens with one attached hydrogen (secondary N) is 1.